The van der Waals surface area contributed by atoms with Crippen LogP contribution in [-0.4, -0.2) is 11.7 Å². The van der Waals surface area contributed by atoms with Gasteiger partial charge in [0.05, 0.1) is 0 Å². The highest BCUT2D eigenvalue weighted by Crippen LogP contribution is 2.02. The van der Waals surface area contributed by atoms with Crippen molar-refractivity contribution in [3.05, 3.63) is 12.7 Å². The van der Waals surface area contributed by atoms with Crippen molar-refractivity contribution >= 4 is 0 Å². The van der Waals surface area contributed by atoms with Crippen LogP contribution in [0.25, 0.3) is 0 Å². The zero-order valence-corrected chi connectivity index (χ0v) is 5.43. The largest absolute Gasteiger partial charge is 0.396 e. The van der Waals surface area contributed by atoms with E-state index in [2.05, 4.69) is 6.58 Å². The van der Waals surface area contributed by atoms with Gasteiger partial charge in [0.15, 0.2) is 0 Å². The summed E-state index contributed by atoms with van der Waals surface area (Å²) in [6, 6.07) is 0. The molecule has 0 aliphatic carbocycles. The van der Waals surface area contributed by atoms with E-state index in [0.717, 1.165) is 12.8 Å². The Balaban J connectivity index is 2.97. The van der Waals surface area contributed by atoms with Gasteiger partial charge in [-0.3, -0.25) is 0 Å². The predicted octanol–water partition coefficient (Wildman–Crippen LogP) is 1.58. The first-order chi connectivity index (χ1) is 3.81. The van der Waals surface area contributed by atoms with Crippen molar-refractivity contribution in [3.8, 4) is 0 Å². The fourth-order valence-electron chi connectivity index (χ4n) is 0.494. The molecular formula is C7H14O. The SMILES string of the molecule is C=CCC[C@H](C)CO. The van der Waals surface area contributed by atoms with Gasteiger partial charge < -0.3 is 5.11 Å². The lowest BCUT2D eigenvalue weighted by molar-refractivity contribution is 0.231. The summed E-state index contributed by atoms with van der Waals surface area (Å²) in [6.07, 6.45) is 3.95. The van der Waals surface area contributed by atoms with Crippen LogP contribution in [-0.2, 0) is 0 Å². The Bertz CT molecular complexity index is 59.4. The van der Waals surface area contributed by atoms with E-state index in [-0.39, 0.29) is 0 Å². The molecule has 0 spiro atoms. The first kappa shape index (κ1) is 7.70. The van der Waals surface area contributed by atoms with Crippen LogP contribution < -0.4 is 0 Å². The first-order valence-corrected chi connectivity index (χ1v) is 3.03. The molecular weight excluding hydrogens is 100 g/mol. The number of allylic oxidation sites excluding steroid dienone is 1. The molecule has 0 saturated heterocycles. The molecule has 0 aromatic rings. The van der Waals surface area contributed by atoms with Crippen LogP contribution in [0.5, 0.6) is 0 Å². The Morgan fingerprint density at radius 2 is 2.38 bits per heavy atom. The Hall–Kier alpha value is -0.300. The molecule has 0 saturated carbocycles. The number of hydrogen-bond acceptors (Lipinski definition) is 1. The van der Waals surface area contributed by atoms with Gasteiger partial charge in [0.1, 0.15) is 0 Å². The van der Waals surface area contributed by atoms with Crippen LogP contribution >= 0.6 is 0 Å². The molecule has 0 unspecified atom stereocenters. The fraction of sp³-hybridized carbons (Fsp3) is 0.714. The second-order valence-electron chi connectivity index (χ2n) is 2.15. The molecule has 0 radical (unpaired) electrons. The number of rotatable bonds is 4. The molecule has 0 heterocycles. The number of aliphatic hydroxyl groups is 1. The molecule has 8 heavy (non-hydrogen) atoms. The maximum Gasteiger partial charge on any atom is 0.0456 e. The summed E-state index contributed by atoms with van der Waals surface area (Å²) in [5.41, 5.74) is 0. The third-order valence-corrected chi connectivity index (χ3v) is 1.18. The molecule has 1 atom stereocenters. The summed E-state index contributed by atoms with van der Waals surface area (Å²) < 4.78 is 0. The summed E-state index contributed by atoms with van der Waals surface area (Å²) >= 11 is 0. The van der Waals surface area contributed by atoms with Crippen molar-refractivity contribution in [1.82, 2.24) is 0 Å². The molecule has 1 nitrogen and oxygen atoms in total. The van der Waals surface area contributed by atoms with Gasteiger partial charge in [0.2, 0.25) is 0 Å². The first-order valence-electron chi connectivity index (χ1n) is 3.03. The minimum Gasteiger partial charge on any atom is -0.396 e. The van der Waals surface area contributed by atoms with E-state index < -0.39 is 0 Å². The topological polar surface area (TPSA) is 20.2 Å². The maximum absolute atomic E-state index is 8.53. The molecule has 0 aliphatic rings. The zero-order chi connectivity index (χ0) is 6.41. The van der Waals surface area contributed by atoms with Gasteiger partial charge in [-0.2, -0.15) is 0 Å². The quantitative estimate of drug-likeness (QED) is 0.550. The van der Waals surface area contributed by atoms with Crippen molar-refractivity contribution in [2.75, 3.05) is 6.61 Å². The molecule has 0 aromatic carbocycles. The van der Waals surface area contributed by atoms with Gasteiger partial charge in [-0.15, -0.1) is 6.58 Å². The van der Waals surface area contributed by atoms with E-state index in [1.54, 1.807) is 0 Å². The monoisotopic (exact) mass is 114 g/mol. The minimum absolute atomic E-state index is 0.299. The summed E-state index contributed by atoms with van der Waals surface area (Å²) in [6.45, 7) is 5.92. The van der Waals surface area contributed by atoms with Crippen molar-refractivity contribution in [2.24, 2.45) is 5.92 Å². The average molecular weight is 114 g/mol. The molecule has 0 fully saturated rings. The molecule has 0 amide bonds. The van der Waals surface area contributed by atoms with Crippen LogP contribution in [0.2, 0.25) is 0 Å². The third-order valence-electron chi connectivity index (χ3n) is 1.18. The summed E-state index contributed by atoms with van der Waals surface area (Å²) in [5, 5.41) is 8.53. The highest BCUT2D eigenvalue weighted by Gasteiger charge is 1.94. The Morgan fingerprint density at radius 1 is 1.75 bits per heavy atom. The highest BCUT2D eigenvalue weighted by molar-refractivity contribution is 4.67. The zero-order valence-electron chi connectivity index (χ0n) is 5.43. The second kappa shape index (κ2) is 4.85. The third kappa shape index (κ3) is 3.88. The lowest BCUT2D eigenvalue weighted by Gasteiger charge is -2.02. The molecule has 0 rings (SSSR count). The Kier molecular flexibility index (Phi) is 4.67. The summed E-state index contributed by atoms with van der Waals surface area (Å²) in [5.74, 6) is 0.438. The highest BCUT2D eigenvalue weighted by atomic mass is 16.3. The summed E-state index contributed by atoms with van der Waals surface area (Å²) in [4.78, 5) is 0. The van der Waals surface area contributed by atoms with E-state index in [1.807, 2.05) is 13.0 Å². The van der Waals surface area contributed by atoms with Crippen molar-refractivity contribution in [2.45, 2.75) is 19.8 Å². The predicted molar refractivity (Wildman–Crippen MR) is 35.7 cm³/mol. The van der Waals surface area contributed by atoms with Crippen LogP contribution in [0.15, 0.2) is 12.7 Å². The summed E-state index contributed by atoms with van der Waals surface area (Å²) in [7, 11) is 0. The molecule has 0 aromatic heterocycles. The van der Waals surface area contributed by atoms with E-state index in [1.165, 1.54) is 0 Å². The van der Waals surface area contributed by atoms with Crippen molar-refractivity contribution < 1.29 is 5.11 Å². The smallest absolute Gasteiger partial charge is 0.0456 e. The van der Waals surface area contributed by atoms with E-state index in [9.17, 15) is 0 Å². The molecule has 0 aliphatic heterocycles. The van der Waals surface area contributed by atoms with Gasteiger partial charge in [-0.05, 0) is 18.8 Å². The van der Waals surface area contributed by atoms with Crippen LogP contribution in [0.1, 0.15) is 19.8 Å². The van der Waals surface area contributed by atoms with Crippen LogP contribution in [0, 0.1) is 5.92 Å². The molecule has 48 valence electrons. The lowest BCUT2D eigenvalue weighted by atomic mass is 10.1. The van der Waals surface area contributed by atoms with E-state index in [4.69, 9.17) is 5.11 Å². The second-order valence-corrected chi connectivity index (χ2v) is 2.15. The molecule has 1 heteroatoms. The number of aliphatic hydroxyl groups excluding tert-OH is 1. The molecule has 1 N–H and O–H groups in total. The lowest BCUT2D eigenvalue weighted by Crippen LogP contribution is -1.98. The van der Waals surface area contributed by atoms with Gasteiger partial charge >= 0.3 is 0 Å². The fourth-order valence-corrected chi connectivity index (χ4v) is 0.494. The van der Waals surface area contributed by atoms with Gasteiger partial charge in [0, 0.05) is 6.61 Å². The van der Waals surface area contributed by atoms with Gasteiger partial charge in [-0.1, -0.05) is 13.0 Å². The Labute approximate surface area is 51.0 Å². The van der Waals surface area contributed by atoms with Gasteiger partial charge in [-0.25, -0.2) is 0 Å². The minimum atomic E-state index is 0.299. The van der Waals surface area contributed by atoms with Crippen LogP contribution in [0.3, 0.4) is 0 Å². The standard InChI is InChI=1S/C7H14O/c1-3-4-5-7(2)6-8/h3,7-8H,1,4-6H2,2H3/t7-/m0/s1. The average Bonchev–Trinajstić information content (AvgIpc) is 1.83. The van der Waals surface area contributed by atoms with Crippen molar-refractivity contribution in [3.63, 3.8) is 0 Å². The Morgan fingerprint density at radius 3 is 2.75 bits per heavy atom. The van der Waals surface area contributed by atoms with E-state index in [0.29, 0.717) is 12.5 Å². The van der Waals surface area contributed by atoms with Crippen LogP contribution in [0.4, 0.5) is 0 Å². The van der Waals surface area contributed by atoms with Gasteiger partial charge in [0.25, 0.3) is 0 Å². The molecule has 0 bridgehead atoms. The normalized spacial score (nSPS) is 13.2. The van der Waals surface area contributed by atoms with E-state index >= 15 is 0 Å². The number of hydrogen-bond donors (Lipinski definition) is 1. The van der Waals surface area contributed by atoms with Crippen molar-refractivity contribution in [1.29, 1.82) is 0 Å². The maximum atomic E-state index is 8.53.